The van der Waals surface area contributed by atoms with Crippen molar-refractivity contribution in [3.8, 4) is 5.75 Å². The van der Waals surface area contributed by atoms with Crippen LogP contribution in [0.15, 0.2) is 34.8 Å². The highest BCUT2D eigenvalue weighted by Gasteiger charge is 2.16. The Morgan fingerprint density at radius 3 is 2.85 bits per heavy atom. The first kappa shape index (κ1) is 14.5. The van der Waals surface area contributed by atoms with Gasteiger partial charge in [-0.15, -0.1) is 0 Å². The summed E-state index contributed by atoms with van der Waals surface area (Å²) in [6, 6.07) is 7.72. The van der Waals surface area contributed by atoms with Gasteiger partial charge in [-0.25, -0.2) is 4.98 Å². The van der Waals surface area contributed by atoms with Gasteiger partial charge in [-0.05, 0) is 34.1 Å². The van der Waals surface area contributed by atoms with E-state index in [2.05, 4.69) is 20.9 Å². The van der Waals surface area contributed by atoms with Crippen molar-refractivity contribution >= 4 is 39.0 Å². The van der Waals surface area contributed by atoms with E-state index >= 15 is 0 Å². The normalized spacial score (nSPS) is 10.3. The van der Waals surface area contributed by atoms with E-state index < -0.39 is 4.92 Å². The van der Waals surface area contributed by atoms with E-state index in [0.717, 1.165) is 0 Å². The quantitative estimate of drug-likeness (QED) is 0.666. The molecule has 20 heavy (non-hydrogen) atoms. The van der Waals surface area contributed by atoms with Crippen molar-refractivity contribution < 1.29 is 9.66 Å². The van der Waals surface area contributed by atoms with Gasteiger partial charge >= 0.3 is 0 Å². The van der Waals surface area contributed by atoms with Gasteiger partial charge in [0, 0.05) is 6.07 Å². The summed E-state index contributed by atoms with van der Waals surface area (Å²) in [6.45, 7) is 0.0592. The van der Waals surface area contributed by atoms with Gasteiger partial charge < -0.3 is 10.5 Å². The smallest absolute Gasteiger partial charge is 0.287 e. The first-order valence-corrected chi connectivity index (χ1v) is 6.62. The predicted molar refractivity (Wildman–Crippen MR) is 78.8 cm³/mol. The maximum absolute atomic E-state index is 10.8. The van der Waals surface area contributed by atoms with E-state index in [9.17, 15) is 10.1 Å². The molecule has 2 N–H and O–H groups in total. The Morgan fingerprint density at radius 2 is 2.15 bits per heavy atom. The molecule has 0 atom stereocenters. The van der Waals surface area contributed by atoms with E-state index in [0.29, 0.717) is 22.3 Å². The molecule has 0 fully saturated rings. The van der Waals surface area contributed by atoms with Crippen molar-refractivity contribution in [3.05, 3.63) is 55.6 Å². The molecular formula is C12H9BrClN3O3. The monoisotopic (exact) mass is 357 g/mol. The molecule has 8 heteroatoms. The lowest BCUT2D eigenvalue weighted by atomic mass is 10.3. The summed E-state index contributed by atoms with van der Waals surface area (Å²) >= 11 is 9.11. The molecule has 2 rings (SSSR count). The van der Waals surface area contributed by atoms with Crippen molar-refractivity contribution in [2.24, 2.45) is 0 Å². The van der Waals surface area contributed by atoms with Gasteiger partial charge in [-0.1, -0.05) is 17.7 Å². The number of nitro benzene ring substituents is 1. The highest BCUT2D eigenvalue weighted by atomic mass is 79.9. The standard InChI is InChI=1S/C12H9BrClN3O3/c13-12-9(17(18)19)2-1-3-10(12)20-6-8-7(14)4-5-11(15)16-8/h1-5H,6H2,(H2,15,16). The second-order valence-corrected chi connectivity index (χ2v) is 5.00. The van der Waals surface area contributed by atoms with Crippen LogP contribution in [-0.2, 0) is 6.61 Å². The third-order valence-electron chi connectivity index (χ3n) is 2.44. The number of nitro groups is 1. The van der Waals surface area contributed by atoms with Gasteiger partial charge in [0.05, 0.1) is 15.6 Å². The van der Waals surface area contributed by atoms with Crippen LogP contribution < -0.4 is 10.5 Å². The Hall–Kier alpha value is -1.86. The van der Waals surface area contributed by atoms with Gasteiger partial charge in [-0.2, -0.15) is 0 Å². The molecule has 0 saturated heterocycles. The molecule has 0 aliphatic carbocycles. The van der Waals surface area contributed by atoms with Crippen LogP contribution in [0.3, 0.4) is 0 Å². The molecule has 0 unspecified atom stereocenters. The third-order valence-corrected chi connectivity index (χ3v) is 3.59. The van der Waals surface area contributed by atoms with E-state index in [1.807, 2.05) is 0 Å². The highest BCUT2D eigenvalue weighted by Crippen LogP contribution is 2.34. The number of anilines is 1. The van der Waals surface area contributed by atoms with Crippen molar-refractivity contribution in [1.29, 1.82) is 0 Å². The average molecular weight is 359 g/mol. The topological polar surface area (TPSA) is 91.3 Å². The van der Waals surface area contributed by atoms with Crippen LogP contribution in [-0.4, -0.2) is 9.91 Å². The fraction of sp³-hybridized carbons (Fsp3) is 0.0833. The molecule has 0 amide bonds. The summed E-state index contributed by atoms with van der Waals surface area (Å²) < 4.78 is 5.76. The van der Waals surface area contributed by atoms with Gasteiger partial charge in [0.2, 0.25) is 0 Å². The van der Waals surface area contributed by atoms with Gasteiger partial charge in [0.15, 0.2) is 0 Å². The van der Waals surface area contributed by atoms with Crippen LogP contribution in [0.2, 0.25) is 5.02 Å². The Balaban J connectivity index is 2.21. The van der Waals surface area contributed by atoms with E-state index in [-0.39, 0.29) is 16.8 Å². The summed E-state index contributed by atoms with van der Waals surface area (Å²) in [4.78, 5) is 14.4. The van der Waals surface area contributed by atoms with E-state index in [1.54, 1.807) is 18.2 Å². The number of nitrogens with two attached hydrogens (primary N) is 1. The van der Waals surface area contributed by atoms with Gasteiger partial charge in [-0.3, -0.25) is 10.1 Å². The molecule has 0 aliphatic rings. The predicted octanol–water partition coefficient (Wildman–Crippen LogP) is 3.57. The Bertz CT molecular complexity index is 666. The molecule has 0 radical (unpaired) electrons. The maximum Gasteiger partial charge on any atom is 0.287 e. The molecule has 2 aromatic rings. The molecular weight excluding hydrogens is 350 g/mol. The minimum absolute atomic E-state index is 0.0592. The lowest BCUT2D eigenvalue weighted by Crippen LogP contribution is -2.02. The number of pyridine rings is 1. The van der Waals surface area contributed by atoms with Crippen LogP contribution >= 0.6 is 27.5 Å². The fourth-order valence-electron chi connectivity index (χ4n) is 1.50. The van der Waals surface area contributed by atoms with Crippen LogP contribution in [0.4, 0.5) is 11.5 Å². The summed E-state index contributed by atoms with van der Waals surface area (Å²) in [7, 11) is 0. The highest BCUT2D eigenvalue weighted by molar-refractivity contribution is 9.10. The number of aromatic nitrogens is 1. The van der Waals surface area contributed by atoms with Crippen molar-refractivity contribution in [2.75, 3.05) is 5.73 Å². The maximum atomic E-state index is 10.8. The van der Waals surface area contributed by atoms with Crippen molar-refractivity contribution in [1.82, 2.24) is 4.98 Å². The molecule has 0 bridgehead atoms. The molecule has 0 aliphatic heterocycles. The summed E-state index contributed by atoms with van der Waals surface area (Å²) in [5.41, 5.74) is 5.95. The number of nitrogen functional groups attached to an aromatic ring is 1. The van der Waals surface area contributed by atoms with Crippen molar-refractivity contribution in [3.63, 3.8) is 0 Å². The van der Waals surface area contributed by atoms with Crippen molar-refractivity contribution in [2.45, 2.75) is 6.61 Å². The number of hydrogen-bond donors (Lipinski definition) is 1. The summed E-state index contributed by atoms with van der Waals surface area (Å²) in [6.07, 6.45) is 0. The SMILES string of the molecule is Nc1ccc(Cl)c(COc2cccc([N+](=O)[O-])c2Br)n1. The molecule has 6 nitrogen and oxygen atoms in total. The van der Waals surface area contributed by atoms with E-state index in [1.165, 1.54) is 12.1 Å². The number of halogens is 2. The third kappa shape index (κ3) is 3.17. The number of nitrogens with zero attached hydrogens (tertiary/aromatic N) is 2. The Labute approximate surface area is 127 Å². The molecule has 104 valence electrons. The zero-order valence-corrected chi connectivity index (χ0v) is 12.4. The van der Waals surface area contributed by atoms with Crippen LogP contribution in [0.25, 0.3) is 0 Å². The second-order valence-electron chi connectivity index (χ2n) is 3.80. The fourth-order valence-corrected chi connectivity index (χ4v) is 2.18. The zero-order valence-electron chi connectivity index (χ0n) is 10.0. The molecule has 0 spiro atoms. The average Bonchev–Trinajstić information content (AvgIpc) is 2.41. The number of rotatable bonds is 4. The first-order valence-electron chi connectivity index (χ1n) is 5.45. The number of ether oxygens (including phenoxy) is 1. The second kappa shape index (κ2) is 6.06. The lowest BCUT2D eigenvalue weighted by Gasteiger charge is -2.09. The summed E-state index contributed by atoms with van der Waals surface area (Å²) in [5, 5.41) is 11.2. The number of benzene rings is 1. The van der Waals surface area contributed by atoms with Crippen LogP contribution in [0, 0.1) is 10.1 Å². The van der Waals surface area contributed by atoms with Gasteiger partial charge in [0.25, 0.3) is 5.69 Å². The zero-order chi connectivity index (χ0) is 14.7. The van der Waals surface area contributed by atoms with Crippen LogP contribution in [0.5, 0.6) is 5.75 Å². The van der Waals surface area contributed by atoms with Gasteiger partial charge in [0.1, 0.15) is 22.6 Å². The number of hydrogen-bond acceptors (Lipinski definition) is 5. The van der Waals surface area contributed by atoms with E-state index in [4.69, 9.17) is 22.1 Å². The molecule has 1 heterocycles. The minimum atomic E-state index is -0.497. The molecule has 1 aromatic heterocycles. The first-order chi connectivity index (χ1) is 9.49. The molecule has 0 saturated carbocycles. The Kier molecular flexibility index (Phi) is 4.41. The lowest BCUT2D eigenvalue weighted by molar-refractivity contribution is -0.385. The van der Waals surface area contributed by atoms with Crippen LogP contribution in [0.1, 0.15) is 5.69 Å². The summed E-state index contributed by atoms with van der Waals surface area (Å²) in [5.74, 6) is 0.658. The molecule has 1 aromatic carbocycles. The minimum Gasteiger partial charge on any atom is -0.486 e. The largest absolute Gasteiger partial charge is 0.486 e. The Morgan fingerprint density at radius 1 is 1.40 bits per heavy atom.